The van der Waals surface area contributed by atoms with Crippen molar-refractivity contribution in [3.05, 3.63) is 29.3 Å². The van der Waals surface area contributed by atoms with Gasteiger partial charge in [-0.25, -0.2) is 0 Å². The summed E-state index contributed by atoms with van der Waals surface area (Å²) in [5.74, 6) is 0.461. The lowest BCUT2D eigenvalue weighted by Crippen LogP contribution is -2.08. The van der Waals surface area contributed by atoms with Gasteiger partial charge in [0.25, 0.3) is 0 Å². The van der Waals surface area contributed by atoms with E-state index in [1.165, 1.54) is 24.0 Å². The van der Waals surface area contributed by atoms with Gasteiger partial charge < -0.3 is 11.5 Å². The fraction of sp³-hybridized carbons (Fsp3) is 0.308. The summed E-state index contributed by atoms with van der Waals surface area (Å²) >= 11 is 0. The zero-order chi connectivity index (χ0) is 12.5. The van der Waals surface area contributed by atoms with Crippen LogP contribution in [0.25, 0.3) is 11.3 Å². The molecule has 5 heteroatoms. The molecule has 0 spiro atoms. The molecule has 2 aromatic rings. The predicted octanol–water partition coefficient (Wildman–Crippen LogP) is 1.58. The highest BCUT2D eigenvalue weighted by Gasteiger charge is 2.17. The monoisotopic (exact) mass is 241 g/mol. The summed E-state index contributed by atoms with van der Waals surface area (Å²) in [6, 6.07) is 6.24. The van der Waals surface area contributed by atoms with Crippen molar-refractivity contribution in [1.29, 1.82) is 0 Å². The van der Waals surface area contributed by atoms with E-state index in [0.29, 0.717) is 11.5 Å². The lowest BCUT2D eigenvalue weighted by atomic mass is 9.87. The smallest absolute Gasteiger partial charge is 0.242 e. The van der Waals surface area contributed by atoms with E-state index >= 15 is 0 Å². The van der Waals surface area contributed by atoms with Crippen LogP contribution in [0.5, 0.6) is 0 Å². The lowest BCUT2D eigenvalue weighted by molar-refractivity contribution is 0.686. The van der Waals surface area contributed by atoms with Crippen molar-refractivity contribution >= 4 is 11.8 Å². The van der Waals surface area contributed by atoms with Crippen LogP contribution in [0.1, 0.15) is 24.0 Å². The second-order valence-electron chi connectivity index (χ2n) is 4.55. The van der Waals surface area contributed by atoms with Crippen molar-refractivity contribution in [1.82, 2.24) is 15.2 Å². The zero-order valence-electron chi connectivity index (χ0n) is 10.1. The highest BCUT2D eigenvalue weighted by molar-refractivity contribution is 5.73. The van der Waals surface area contributed by atoms with Crippen molar-refractivity contribution < 1.29 is 0 Å². The Morgan fingerprint density at radius 2 is 1.83 bits per heavy atom. The molecule has 0 unspecified atom stereocenters. The van der Waals surface area contributed by atoms with Gasteiger partial charge in [0.2, 0.25) is 5.95 Å². The van der Waals surface area contributed by atoms with E-state index in [1.54, 1.807) is 0 Å². The maximum Gasteiger partial charge on any atom is 0.242 e. The summed E-state index contributed by atoms with van der Waals surface area (Å²) in [6.45, 7) is 0. The minimum Gasteiger partial charge on any atom is -0.382 e. The van der Waals surface area contributed by atoms with E-state index in [9.17, 15) is 0 Å². The summed E-state index contributed by atoms with van der Waals surface area (Å²) in [7, 11) is 0. The van der Waals surface area contributed by atoms with Gasteiger partial charge in [-0.15, -0.1) is 10.2 Å². The van der Waals surface area contributed by atoms with Crippen molar-refractivity contribution in [3.63, 3.8) is 0 Å². The number of anilines is 2. The van der Waals surface area contributed by atoms with E-state index < -0.39 is 0 Å². The molecule has 0 radical (unpaired) electrons. The third-order valence-corrected chi connectivity index (χ3v) is 3.38. The first-order valence-corrected chi connectivity index (χ1v) is 6.12. The molecule has 1 aromatic heterocycles. The number of nitrogens with two attached hydrogens (primary N) is 2. The van der Waals surface area contributed by atoms with Gasteiger partial charge in [0.1, 0.15) is 5.69 Å². The van der Waals surface area contributed by atoms with Crippen molar-refractivity contribution in [2.24, 2.45) is 0 Å². The molecule has 4 N–H and O–H groups in total. The minimum atomic E-state index is 0.112. The van der Waals surface area contributed by atoms with Crippen LogP contribution in [-0.2, 0) is 12.8 Å². The maximum absolute atomic E-state index is 5.89. The quantitative estimate of drug-likeness (QED) is 0.791. The predicted molar refractivity (Wildman–Crippen MR) is 70.7 cm³/mol. The first-order valence-electron chi connectivity index (χ1n) is 6.12. The van der Waals surface area contributed by atoms with Gasteiger partial charge in [-0.3, -0.25) is 0 Å². The second-order valence-corrected chi connectivity index (χ2v) is 4.55. The molecule has 0 atom stereocenters. The molecular formula is C13H15N5. The van der Waals surface area contributed by atoms with E-state index in [4.69, 9.17) is 11.5 Å². The van der Waals surface area contributed by atoms with Crippen LogP contribution in [0.3, 0.4) is 0 Å². The van der Waals surface area contributed by atoms with Crippen molar-refractivity contribution in [2.75, 3.05) is 11.5 Å². The number of rotatable bonds is 1. The van der Waals surface area contributed by atoms with E-state index in [0.717, 1.165) is 18.4 Å². The van der Waals surface area contributed by atoms with Gasteiger partial charge >= 0.3 is 0 Å². The Kier molecular flexibility index (Phi) is 2.59. The summed E-state index contributed by atoms with van der Waals surface area (Å²) in [5.41, 5.74) is 15.8. The van der Waals surface area contributed by atoms with Gasteiger partial charge in [-0.2, -0.15) is 4.98 Å². The second kappa shape index (κ2) is 4.25. The number of benzene rings is 1. The Hall–Kier alpha value is -2.17. The first-order chi connectivity index (χ1) is 8.75. The summed E-state index contributed by atoms with van der Waals surface area (Å²) in [5, 5.41) is 7.90. The Morgan fingerprint density at radius 3 is 2.67 bits per heavy atom. The van der Waals surface area contributed by atoms with E-state index in [-0.39, 0.29) is 5.95 Å². The molecule has 1 heterocycles. The molecule has 1 aliphatic carbocycles. The summed E-state index contributed by atoms with van der Waals surface area (Å²) in [4.78, 5) is 3.98. The molecule has 1 aliphatic rings. The Bertz CT molecular complexity index is 594. The SMILES string of the molecule is Nc1nnc(-c2cccc3c2CCCC3)c(N)n1. The fourth-order valence-corrected chi connectivity index (χ4v) is 2.55. The van der Waals surface area contributed by atoms with Crippen LogP contribution >= 0.6 is 0 Å². The average molecular weight is 241 g/mol. The van der Waals surface area contributed by atoms with Gasteiger partial charge in [0, 0.05) is 5.56 Å². The first kappa shape index (κ1) is 11.0. The molecular weight excluding hydrogens is 226 g/mol. The molecule has 0 saturated heterocycles. The van der Waals surface area contributed by atoms with Crippen LogP contribution in [0.2, 0.25) is 0 Å². The van der Waals surface area contributed by atoms with Crippen LogP contribution < -0.4 is 11.5 Å². The zero-order valence-corrected chi connectivity index (χ0v) is 10.1. The minimum absolute atomic E-state index is 0.112. The number of hydrogen-bond donors (Lipinski definition) is 2. The molecule has 0 aliphatic heterocycles. The van der Waals surface area contributed by atoms with Crippen LogP contribution in [0.4, 0.5) is 11.8 Å². The Morgan fingerprint density at radius 1 is 1.00 bits per heavy atom. The third-order valence-electron chi connectivity index (χ3n) is 3.38. The molecule has 3 rings (SSSR count). The largest absolute Gasteiger partial charge is 0.382 e. The normalized spacial score (nSPS) is 14.2. The van der Waals surface area contributed by atoms with E-state index in [1.807, 2.05) is 12.1 Å². The fourth-order valence-electron chi connectivity index (χ4n) is 2.55. The van der Waals surface area contributed by atoms with Crippen LogP contribution in [0.15, 0.2) is 18.2 Å². The molecule has 18 heavy (non-hydrogen) atoms. The van der Waals surface area contributed by atoms with Gasteiger partial charge in [0.15, 0.2) is 5.82 Å². The van der Waals surface area contributed by atoms with Crippen LogP contribution in [0, 0.1) is 0 Å². The molecule has 0 saturated carbocycles. The molecule has 0 fully saturated rings. The van der Waals surface area contributed by atoms with Gasteiger partial charge in [-0.1, -0.05) is 18.2 Å². The maximum atomic E-state index is 5.89. The highest BCUT2D eigenvalue weighted by atomic mass is 15.2. The number of fused-ring (bicyclic) bond motifs is 1. The van der Waals surface area contributed by atoms with E-state index in [2.05, 4.69) is 21.2 Å². The van der Waals surface area contributed by atoms with Gasteiger partial charge in [0.05, 0.1) is 0 Å². The molecule has 1 aromatic carbocycles. The van der Waals surface area contributed by atoms with Gasteiger partial charge in [-0.05, 0) is 36.8 Å². The summed E-state index contributed by atoms with van der Waals surface area (Å²) in [6.07, 6.45) is 4.65. The number of aromatic nitrogens is 3. The van der Waals surface area contributed by atoms with Crippen molar-refractivity contribution in [3.8, 4) is 11.3 Å². The third kappa shape index (κ3) is 1.77. The average Bonchev–Trinajstić information content (AvgIpc) is 2.38. The Labute approximate surface area is 105 Å². The topological polar surface area (TPSA) is 90.7 Å². The number of nitrogen functional groups attached to an aromatic ring is 2. The number of nitrogens with zero attached hydrogens (tertiary/aromatic N) is 3. The van der Waals surface area contributed by atoms with Crippen LogP contribution in [-0.4, -0.2) is 15.2 Å². The summed E-state index contributed by atoms with van der Waals surface area (Å²) < 4.78 is 0. The number of hydrogen-bond acceptors (Lipinski definition) is 5. The molecule has 92 valence electrons. The molecule has 0 bridgehead atoms. The Balaban J connectivity index is 2.17. The lowest BCUT2D eigenvalue weighted by Gasteiger charge is -2.19. The highest BCUT2D eigenvalue weighted by Crippen LogP contribution is 2.32. The number of aryl methyl sites for hydroxylation is 1. The van der Waals surface area contributed by atoms with Crippen molar-refractivity contribution in [2.45, 2.75) is 25.7 Å². The molecule has 0 amide bonds. The standard InChI is InChI=1S/C13H15N5/c14-12-11(17-18-13(15)16-12)10-7-3-5-8-4-1-2-6-9(8)10/h3,5,7H,1-2,4,6H2,(H4,14,15,16,18). The molecule has 5 nitrogen and oxygen atoms in total.